The molecule has 2 N–H and O–H groups in total. The third-order valence-corrected chi connectivity index (χ3v) is 2.13. The highest BCUT2D eigenvalue weighted by Crippen LogP contribution is 2.19. The first kappa shape index (κ1) is 8.26. The fourth-order valence-corrected chi connectivity index (χ4v) is 1.45. The van der Waals surface area contributed by atoms with E-state index in [1.165, 1.54) is 0 Å². The first-order valence-electron chi connectivity index (χ1n) is 4.18. The molecule has 0 saturated carbocycles. The van der Waals surface area contributed by atoms with E-state index in [1.807, 2.05) is 12.1 Å². The molecular formula is C10H10FNO. The van der Waals surface area contributed by atoms with E-state index in [-0.39, 0.29) is 12.4 Å². The molecular weight excluding hydrogens is 169 g/mol. The van der Waals surface area contributed by atoms with E-state index >= 15 is 0 Å². The van der Waals surface area contributed by atoms with Gasteiger partial charge in [-0.2, -0.15) is 0 Å². The number of halogens is 1. The van der Waals surface area contributed by atoms with Gasteiger partial charge in [0.2, 0.25) is 0 Å². The van der Waals surface area contributed by atoms with Gasteiger partial charge in [-0.3, -0.25) is 0 Å². The summed E-state index contributed by atoms with van der Waals surface area (Å²) >= 11 is 0. The highest BCUT2D eigenvalue weighted by atomic mass is 19.1. The number of H-pyrrole nitrogens is 1. The molecule has 13 heavy (non-hydrogen) atoms. The van der Waals surface area contributed by atoms with Gasteiger partial charge in [-0.25, -0.2) is 4.39 Å². The smallest absolute Gasteiger partial charge is 0.150 e. The zero-order chi connectivity index (χ0) is 9.26. The van der Waals surface area contributed by atoms with Crippen LogP contribution in [0.3, 0.4) is 0 Å². The van der Waals surface area contributed by atoms with Gasteiger partial charge in [0.05, 0.1) is 5.52 Å². The number of aromatic amines is 1. The molecule has 0 saturated heterocycles. The standard InChI is InChI=1S/C10H10FNO/c11-9-7(4-6-13)1-2-8-3-5-12-10(8)9/h1-3,5,12-13H,4,6H2. The molecule has 0 spiro atoms. The molecule has 0 aliphatic rings. The summed E-state index contributed by atoms with van der Waals surface area (Å²) in [5.74, 6) is -0.253. The number of benzene rings is 1. The number of fused-ring (bicyclic) bond motifs is 1. The maximum absolute atomic E-state index is 13.5. The van der Waals surface area contributed by atoms with Gasteiger partial charge in [-0.1, -0.05) is 12.1 Å². The summed E-state index contributed by atoms with van der Waals surface area (Å²) in [4.78, 5) is 2.83. The van der Waals surface area contributed by atoms with Crippen molar-refractivity contribution < 1.29 is 9.50 Å². The Hall–Kier alpha value is -1.35. The summed E-state index contributed by atoms with van der Waals surface area (Å²) in [6.07, 6.45) is 2.07. The third kappa shape index (κ3) is 1.31. The molecule has 0 aliphatic carbocycles. The van der Waals surface area contributed by atoms with Crippen LogP contribution < -0.4 is 0 Å². The van der Waals surface area contributed by atoms with Crippen molar-refractivity contribution in [1.29, 1.82) is 0 Å². The topological polar surface area (TPSA) is 36.0 Å². The summed E-state index contributed by atoms with van der Waals surface area (Å²) in [7, 11) is 0. The number of aromatic nitrogens is 1. The summed E-state index contributed by atoms with van der Waals surface area (Å²) in [6, 6.07) is 5.38. The van der Waals surface area contributed by atoms with Crippen molar-refractivity contribution >= 4 is 10.9 Å². The van der Waals surface area contributed by atoms with Crippen LogP contribution in [0.5, 0.6) is 0 Å². The summed E-state index contributed by atoms with van der Waals surface area (Å²) < 4.78 is 13.5. The SMILES string of the molecule is OCCc1ccc2cc[nH]c2c1F. The predicted molar refractivity (Wildman–Crippen MR) is 49.0 cm³/mol. The average molecular weight is 179 g/mol. The second-order valence-electron chi connectivity index (χ2n) is 2.95. The predicted octanol–water partition coefficient (Wildman–Crippen LogP) is 1.84. The summed E-state index contributed by atoms with van der Waals surface area (Å²) in [6.45, 7) is -0.0247. The van der Waals surface area contributed by atoms with Crippen LogP contribution in [-0.4, -0.2) is 16.7 Å². The lowest BCUT2D eigenvalue weighted by Crippen LogP contribution is -1.95. The van der Waals surface area contributed by atoms with Gasteiger partial charge in [0.25, 0.3) is 0 Å². The molecule has 68 valence electrons. The Morgan fingerprint density at radius 3 is 2.92 bits per heavy atom. The Morgan fingerprint density at radius 1 is 1.31 bits per heavy atom. The Balaban J connectivity index is 2.59. The number of hydrogen-bond donors (Lipinski definition) is 2. The van der Waals surface area contributed by atoms with Crippen LogP contribution in [0.2, 0.25) is 0 Å². The molecule has 0 amide bonds. The van der Waals surface area contributed by atoms with Gasteiger partial charge in [-0.15, -0.1) is 0 Å². The zero-order valence-corrected chi connectivity index (χ0v) is 7.05. The van der Waals surface area contributed by atoms with Crippen LogP contribution in [-0.2, 0) is 6.42 Å². The molecule has 2 rings (SSSR count). The molecule has 1 aromatic heterocycles. The van der Waals surface area contributed by atoms with Gasteiger partial charge in [0.1, 0.15) is 0 Å². The number of aliphatic hydroxyl groups excluding tert-OH is 1. The van der Waals surface area contributed by atoms with E-state index in [0.29, 0.717) is 17.5 Å². The Kier molecular flexibility index (Phi) is 2.02. The van der Waals surface area contributed by atoms with Gasteiger partial charge in [-0.05, 0) is 18.1 Å². The minimum absolute atomic E-state index is 0.0247. The summed E-state index contributed by atoms with van der Waals surface area (Å²) in [5, 5.41) is 9.55. The van der Waals surface area contributed by atoms with E-state index in [9.17, 15) is 4.39 Å². The molecule has 2 nitrogen and oxygen atoms in total. The van der Waals surface area contributed by atoms with E-state index in [2.05, 4.69) is 4.98 Å². The maximum atomic E-state index is 13.5. The van der Waals surface area contributed by atoms with Crippen molar-refractivity contribution in [2.45, 2.75) is 6.42 Å². The van der Waals surface area contributed by atoms with Crippen LogP contribution in [0.1, 0.15) is 5.56 Å². The van der Waals surface area contributed by atoms with Crippen LogP contribution in [0.25, 0.3) is 10.9 Å². The fourth-order valence-electron chi connectivity index (χ4n) is 1.45. The molecule has 0 unspecified atom stereocenters. The third-order valence-electron chi connectivity index (χ3n) is 2.13. The van der Waals surface area contributed by atoms with Crippen molar-refractivity contribution in [3.05, 3.63) is 35.8 Å². The maximum Gasteiger partial charge on any atom is 0.150 e. The Labute approximate surface area is 75.0 Å². The van der Waals surface area contributed by atoms with E-state index in [4.69, 9.17) is 5.11 Å². The Morgan fingerprint density at radius 2 is 2.15 bits per heavy atom. The van der Waals surface area contributed by atoms with Crippen molar-refractivity contribution in [2.24, 2.45) is 0 Å². The summed E-state index contributed by atoms with van der Waals surface area (Å²) in [5.41, 5.74) is 1.07. The lowest BCUT2D eigenvalue weighted by atomic mass is 10.1. The minimum atomic E-state index is -0.253. The van der Waals surface area contributed by atoms with E-state index < -0.39 is 0 Å². The van der Waals surface area contributed by atoms with Crippen LogP contribution >= 0.6 is 0 Å². The van der Waals surface area contributed by atoms with E-state index in [1.54, 1.807) is 12.3 Å². The molecule has 1 aromatic carbocycles. The van der Waals surface area contributed by atoms with Gasteiger partial charge in [0, 0.05) is 18.2 Å². The molecule has 0 fully saturated rings. The normalized spacial score (nSPS) is 10.9. The fraction of sp³-hybridized carbons (Fsp3) is 0.200. The number of nitrogens with one attached hydrogen (secondary N) is 1. The van der Waals surface area contributed by atoms with Gasteiger partial charge in [0.15, 0.2) is 5.82 Å². The lowest BCUT2D eigenvalue weighted by molar-refractivity contribution is 0.298. The monoisotopic (exact) mass is 179 g/mol. The highest BCUT2D eigenvalue weighted by Gasteiger charge is 2.06. The van der Waals surface area contributed by atoms with E-state index in [0.717, 1.165) is 5.39 Å². The number of aliphatic hydroxyl groups is 1. The second kappa shape index (κ2) is 3.18. The largest absolute Gasteiger partial charge is 0.396 e. The zero-order valence-electron chi connectivity index (χ0n) is 7.05. The molecule has 0 atom stereocenters. The van der Waals surface area contributed by atoms with Crippen LogP contribution in [0.15, 0.2) is 24.4 Å². The minimum Gasteiger partial charge on any atom is -0.396 e. The molecule has 3 heteroatoms. The highest BCUT2D eigenvalue weighted by molar-refractivity contribution is 5.80. The second-order valence-corrected chi connectivity index (χ2v) is 2.95. The lowest BCUT2D eigenvalue weighted by Gasteiger charge is -2.01. The molecule has 0 bridgehead atoms. The first-order chi connectivity index (χ1) is 6.33. The molecule has 1 heterocycles. The van der Waals surface area contributed by atoms with Crippen molar-refractivity contribution in [3.63, 3.8) is 0 Å². The molecule has 2 aromatic rings. The average Bonchev–Trinajstić information content (AvgIpc) is 2.58. The number of rotatable bonds is 2. The van der Waals surface area contributed by atoms with Crippen molar-refractivity contribution in [2.75, 3.05) is 6.61 Å². The van der Waals surface area contributed by atoms with Gasteiger partial charge < -0.3 is 10.1 Å². The van der Waals surface area contributed by atoms with Crippen LogP contribution in [0.4, 0.5) is 4.39 Å². The quantitative estimate of drug-likeness (QED) is 0.725. The number of hydrogen-bond acceptors (Lipinski definition) is 1. The van der Waals surface area contributed by atoms with Crippen LogP contribution in [0, 0.1) is 5.82 Å². The van der Waals surface area contributed by atoms with Crippen molar-refractivity contribution in [1.82, 2.24) is 4.98 Å². The van der Waals surface area contributed by atoms with Gasteiger partial charge >= 0.3 is 0 Å². The molecule has 0 radical (unpaired) electrons. The Bertz CT molecular complexity index is 422. The first-order valence-corrected chi connectivity index (χ1v) is 4.18. The van der Waals surface area contributed by atoms with Crippen molar-refractivity contribution in [3.8, 4) is 0 Å². The molecule has 0 aliphatic heterocycles.